The fraction of sp³-hybridized carbons (Fsp3) is 0.349. The summed E-state index contributed by atoms with van der Waals surface area (Å²) < 4.78 is 69.3. The van der Waals surface area contributed by atoms with Gasteiger partial charge in [-0.25, -0.2) is 8.78 Å². The maximum atomic E-state index is 15.5. The Balaban J connectivity index is 0.000000347. The van der Waals surface area contributed by atoms with Gasteiger partial charge >= 0.3 is 12.0 Å². The number of aromatic nitrogens is 1. The van der Waals surface area contributed by atoms with Crippen molar-refractivity contribution in [2.75, 3.05) is 0 Å². The number of rotatable bonds is 9. The first kappa shape index (κ1) is 42.5. The van der Waals surface area contributed by atoms with Crippen molar-refractivity contribution in [2.24, 2.45) is 10.8 Å². The maximum absolute atomic E-state index is 15.5. The number of aryl methyl sites for hydroxylation is 2. The standard InChI is InChI=1S/C28H17F5N.C15H28O2.Ir/c1-15-11-16(2)13-18(12-15)27-22-8-7-21-23(20(22)9-10-34-27)14-24(29)25(26(21)30)17-3-5-19(6-4-17)28(31,32)33;1-7-14(5,8-2)12(16)11-13(17)15(6,9-3)10-4;/h3-12,14H,1-2H3;11,16H,7-10H2,1-6H3;/q-1;;/p+1/b;12-11-;. The Labute approximate surface area is 316 Å². The van der Waals surface area contributed by atoms with Gasteiger partial charge in [-0.05, 0) is 84.3 Å². The van der Waals surface area contributed by atoms with Crippen LogP contribution in [0.3, 0.4) is 0 Å². The van der Waals surface area contributed by atoms with Crippen LogP contribution in [0, 0.1) is 42.4 Å². The van der Waals surface area contributed by atoms with Crippen LogP contribution in [0.1, 0.15) is 83.9 Å². The van der Waals surface area contributed by atoms with E-state index in [0.29, 0.717) is 28.0 Å². The molecule has 0 saturated carbocycles. The number of alkyl halides is 3. The Kier molecular flexibility index (Phi) is 13.7. The van der Waals surface area contributed by atoms with Gasteiger partial charge in [0, 0.05) is 37.1 Å². The zero-order chi connectivity index (χ0) is 37.9. The number of nitrogens with zero attached hydrogens (tertiary/aromatic N) is 1. The van der Waals surface area contributed by atoms with Crippen LogP contribution in [0.4, 0.5) is 22.0 Å². The molecule has 0 aliphatic carbocycles. The summed E-state index contributed by atoms with van der Waals surface area (Å²) in [7, 11) is 0. The van der Waals surface area contributed by atoms with E-state index in [1.54, 1.807) is 30.5 Å². The third kappa shape index (κ3) is 8.80. The minimum absolute atomic E-state index is 0. The molecule has 5 aromatic rings. The second kappa shape index (κ2) is 16.8. The maximum Gasteiger partial charge on any atom is 0.416 e. The summed E-state index contributed by atoms with van der Waals surface area (Å²) in [6.07, 6.45) is 2.10. The predicted molar refractivity (Wildman–Crippen MR) is 198 cm³/mol. The number of allylic oxidation sites excluding steroid dienone is 2. The van der Waals surface area contributed by atoms with Crippen LogP contribution in [0.2, 0.25) is 0 Å². The zero-order valence-corrected chi connectivity index (χ0v) is 33.2. The van der Waals surface area contributed by atoms with E-state index in [-0.39, 0.29) is 47.4 Å². The molecule has 0 atom stereocenters. The Morgan fingerprint density at radius 3 is 1.90 bits per heavy atom. The Morgan fingerprint density at radius 1 is 0.788 bits per heavy atom. The van der Waals surface area contributed by atoms with Crippen molar-refractivity contribution in [3.63, 3.8) is 0 Å². The van der Waals surface area contributed by atoms with Gasteiger partial charge in [-0.15, -0.1) is 34.9 Å². The number of halogens is 5. The third-order valence-corrected chi connectivity index (χ3v) is 10.5. The number of benzene rings is 4. The monoisotopic (exact) mass is 896 g/mol. The van der Waals surface area contributed by atoms with Crippen LogP contribution in [0.25, 0.3) is 43.9 Å². The van der Waals surface area contributed by atoms with Gasteiger partial charge in [0.05, 0.1) is 22.6 Å². The van der Waals surface area contributed by atoms with E-state index in [1.165, 1.54) is 6.07 Å². The minimum Gasteiger partial charge on any atom is -0.511 e. The summed E-state index contributed by atoms with van der Waals surface area (Å²) in [6, 6.07) is 17.2. The van der Waals surface area contributed by atoms with E-state index in [2.05, 4.69) is 38.7 Å². The Morgan fingerprint density at radius 2 is 1.37 bits per heavy atom. The van der Waals surface area contributed by atoms with Crippen molar-refractivity contribution < 1.29 is 52.0 Å². The molecular formula is C43H46F5IrNO2. The average Bonchev–Trinajstić information content (AvgIpc) is 3.10. The number of carbonyl (C=O) groups excluding carboxylic acids is 1. The summed E-state index contributed by atoms with van der Waals surface area (Å²) in [5, 5.41) is 12.0. The molecule has 0 aliphatic heterocycles. The summed E-state index contributed by atoms with van der Waals surface area (Å²) >= 11 is 0. The van der Waals surface area contributed by atoms with Gasteiger partial charge in [0.2, 0.25) is 0 Å². The Hall–Kier alpha value is -3.94. The van der Waals surface area contributed by atoms with Crippen molar-refractivity contribution in [3.8, 4) is 22.4 Å². The molecule has 1 aromatic heterocycles. The van der Waals surface area contributed by atoms with Crippen LogP contribution in [0.5, 0.6) is 0 Å². The second-order valence-corrected chi connectivity index (χ2v) is 13.7. The number of aliphatic hydroxyl groups is 1. The molecule has 0 aliphatic rings. The van der Waals surface area contributed by atoms with Crippen molar-refractivity contribution in [3.05, 3.63) is 113 Å². The summed E-state index contributed by atoms with van der Waals surface area (Å²) in [5.41, 5.74) is 1.77. The van der Waals surface area contributed by atoms with E-state index < -0.39 is 23.4 Å². The van der Waals surface area contributed by atoms with E-state index in [1.807, 2.05) is 39.8 Å². The predicted octanol–water partition coefficient (Wildman–Crippen LogP) is 13.1. The molecule has 0 saturated heterocycles. The van der Waals surface area contributed by atoms with Crippen LogP contribution in [0.15, 0.2) is 78.7 Å². The molecule has 4 aromatic carbocycles. The van der Waals surface area contributed by atoms with Gasteiger partial charge in [-0.2, -0.15) is 13.2 Å². The molecule has 1 radical (unpaired) electrons. The summed E-state index contributed by atoms with van der Waals surface area (Å²) in [6.45, 7) is 16.2. The number of fused-ring (bicyclic) bond motifs is 3. The summed E-state index contributed by atoms with van der Waals surface area (Å²) in [5.74, 6) is -1.08. The molecule has 5 rings (SSSR count). The topological polar surface area (TPSA) is 54.5 Å². The zero-order valence-electron chi connectivity index (χ0n) is 30.8. The molecule has 2 N–H and O–H groups in total. The number of aliphatic hydroxyl groups excluding tert-OH is 1. The number of hydrogen-bond donors (Lipinski definition) is 1. The summed E-state index contributed by atoms with van der Waals surface area (Å²) in [4.78, 5) is 14.7. The van der Waals surface area contributed by atoms with E-state index >= 15 is 8.78 Å². The molecule has 52 heavy (non-hydrogen) atoms. The number of ketones is 1. The normalized spacial score (nSPS) is 12.4. The molecule has 0 unspecified atom stereocenters. The quantitative estimate of drug-likeness (QED) is 0.0400. The molecule has 0 fully saturated rings. The molecule has 9 heteroatoms. The van der Waals surface area contributed by atoms with E-state index in [9.17, 15) is 23.1 Å². The number of hydrogen-bond acceptors (Lipinski definition) is 2. The van der Waals surface area contributed by atoms with Gasteiger partial charge in [0.1, 0.15) is 17.4 Å². The molecule has 279 valence electrons. The van der Waals surface area contributed by atoms with Gasteiger partial charge < -0.3 is 10.1 Å². The van der Waals surface area contributed by atoms with Gasteiger partial charge in [-0.1, -0.05) is 72.7 Å². The van der Waals surface area contributed by atoms with Crippen molar-refractivity contribution in [1.29, 1.82) is 0 Å². The molecular weight excluding hydrogens is 850 g/mol. The molecule has 3 nitrogen and oxygen atoms in total. The van der Waals surface area contributed by atoms with E-state index in [0.717, 1.165) is 72.0 Å². The van der Waals surface area contributed by atoms with E-state index in [4.69, 9.17) is 0 Å². The van der Waals surface area contributed by atoms with Crippen LogP contribution in [-0.2, 0) is 26.3 Å². The average molecular weight is 896 g/mol. The second-order valence-electron chi connectivity index (χ2n) is 13.7. The molecule has 0 spiro atoms. The van der Waals surface area contributed by atoms with Crippen LogP contribution >= 0.6 is 0 Å². The minimum atomic E-state index is -4.53. The fourth-order valence-electron chi connectivity index (χ4n) is 6.09. The largest absolute Gasteiger partial charge is 0.511 e. The first-order chi connectivity index (χ1) is 23.9. The first-order valence-corrected chi connectivity index (χ1v) is 17.3. The van der Waals surface area contributed by atoms with Gasteiger partial charge in [0.25, 0.3) is 0 Å². The third-order valence-electron chi connectivity index (χ3n) is 10.5. The molecule has 0 bridgehead atoms. The molecule has 1 heterocycles. The first-order valence-electron chi connectivity index (χ1n) is 17.3. The SMILES string of the molecule is CCC(C)(CC)C(=[OH+])/C=C(\O)C(C)(CC)CC.Cc1[c-]c(-c2nccc3c2ccc2c(F)c(-c4ccc(C(F)(F)F)cc4)c(F)cc23)cc(C)c1.[Ir]. The Bertz CT molecular complexity index is 2060. The van der Waals surface area contributed by atoms with Gasteiger partial charge in [0.15, 0.2) is 0 Å². The van der Waals surface area contributed by atoms with Crippen LogP contribution in [-0.4, -0.2) is 20.7 Å². The van der Waals surface area contributed by atoms with Crippen molar-refractivity contribution in [1.82, 2.24) is 4.98 Å². The smallest absolute Gasteiger partial charge is 0.416 e. The molecule has 0 amide bonds. The van der Waals surface area contributed by atoms with Crippen molar-refractivity contribution >= 4 is 27.3 Å². The van der Waals surface area contributed by atoms with Crippen molar-refractivity contribution in [2.45, 2.75) is 87.2 Å². The number of pyridine rings is 1. The fourth-order valence-corrected chi connectivity index (χ4v) is 6.09. The van der Waals surface area contributed by atoms with Crippen LogP contribution < -0.4 is 0 Å². The van der Waals surface area contributed by atoms with Gasteiger partial charge in [-0.3, -0.25) is 4.79 Å².